The zero-order chi connectivity index (χ0) is 19.8. The van der Waals surface area contributed by atoms with Crippen LogP contribution in [0.5, 0.6) is 0 Å². The third kappa shape index (κ3) is 4.74. The maximum Gasteiger partial charge on any atom is 0.251 e. The van der Waals surface area contributed by atoms with Crippen LogP contribution in [0.25, 0.3) is 0 Å². The van der Waals surface area contributed by atoms with Crippen LogP contribution >= 0.6 is 24.8 Å². The molecule has 1 amide bonds. The Balaban J connectivity index is 0.00000160. The van der Waals surface area contributed by atoms with Gasteiger partial charge in [0.1, 0.15) is 5.82 Å². The van der Waals surface area contributed by atoms with Crippen molar-refractivity contribution in [1.82, 2.24) is 15.2 Å². The third-order valence-corrected chi connectivity index (χ3v) is 6.15. The molecule has 1 N–H and O–H groups in total. The number of fused-ring (bicyclic) bond motifs is 1. The Morgan fingerprint density at radius 3 is 2.57 bits per heavy atom. The van der Waals surface area contributed by atoms with E-state index in [1.54, 1.807) is 12.3 Å². The van der Waals surface area contributed by atoms with E-state index in [-0.39, 0.29) is 36.8 Å². The van der Waals surface area contributed by atoms with E-state index in [1.807, 2.05) is 19.9 Å². The first-order chi connectivity index (χ1) is 13.4. The molecule has 30 heavy (non-hydrogen) atoms. The van der Waals surface area contributed by atoms with Gasteiger partial charge in [0.25, 0.3) is 5.91 Å². The normalized spacial score (nSPS) is 23.0. The minimum Gasteiger partial charge on any atom is -0.356 e. The van der Waals surface area contributed by atoms with Crippen molar-refractivity contribution in [3.63, 3.8) is 0 Å². The summed E-state index contributed by atoms with van der Waals surface area (Å²) in [4.78, 5) is 21.8. The summed E-state index contributed by atoms with van der Waals surface area (Å²) < 4.78 is 0. The lowest BCUT2D eigenvalue weighted by Gasteiger charge is -2.28. The second-order valence-electron chi connectivity index (χ2n) is 8.60. The molecule has 5 nitrogen and oxygen atoms in total. The first kappa shape index (κ1) is 24.4. The average Bonchev–Trinajstić information content (AvgIpc) is 3.19. The molecule has 2 aliphatic heterocycles. The Hall–Kier alpha value is -1.82. The highest BCUT2D eigenvalue weighted by Gasteiger charge is 2.46. The minimum atomic E-state index is -0.0319. The number of likely N-dealkylation sites (tertiary alicyclic amines) is 1. The predicted octanol–water partition coefficient (Wildman–Crippen LogP) is 4.11. The summed E-state index contributed by atoms with van der Waals surface area (Å²) in [7, 11) is 2.24. The van der Waals surface area contributed by atoms with E-state index in [9.17, 15) is 4.79 Å². The molecule has 164 valence electrons. The van der Waals surface area contributed by atoms with Gasteiger partial charge in [0.2, 0.25) is 0 Å². The van der Waals surface area contributed by atoms with Crippen LogP contribution in [0, 0.1) is 18.8 Å². The second-order valence-corrected chi connectivity index (χ2v) is 8.60. The number of hydrogen-bond donors (Lipinski definition) is 1. The van der Waals surface area contributed by atoms with E-state index in [0.29, 0.717) is 23.4 Å². The van der Waals surface area contributed by atoms with Gasteiger partial charge in [0, 0.05) is 49.4 Å². The summed E-state index contributed by atoms with van der Waals surface area (Å²) in [5.41, 5.74) is 3.49. The maximum absolute atomic E-state index is 12.4. The zero-order valence-corrected chi connectivity index (χ0v) is 19.7. The molecule has 2 fully saturated rings. The standard InChI is InChI=1S/C23H30N4O.2ClH/c1-15(2)25-23(28)17-9-10-24-21(11-17)27-13-18-12-26(4)22(20(18)14-27)19-8-6-5-7-16(19)3;;/h5-11,15,18,20,22H,12-14H2,1-4H3,(H,25,28);2*1H/t18-,20+,22-;;/m0../s1. The fourth-order valence-corrected chi connectivity index (χ4v) is 4.91. The number of aromatic nitrogens is 1. The highest BCUT2D eigenvalue weighted by Crippen LogP contribution is 2.45. The van der Waals surface area contributed by atoms with Gasteiger partial charge < -0.3 is 10.2 Å². The van der Waals surface area contributed by atoms with E-state index in [2.05, 4.69) is 58.3 Å². The first-order valence-electron chi connectivity index (χ1n) is 10.2. The minimum absolute atomic E-state index is 0. The molecule has 0 radical (unpaired) electrons. The summed E-state index contributed by atoms with van der Waals surface area (Å²) in [6.07, 6.45) is 1.75. The Morgan fingerprint density at radius 1 is 1.13 bits per heavy atom. The number of halogens is 2. The quantitative estimate of drug-likeness (QED) is 0.760. The smallest absolute Gasteiger partial charge is 0.251 e. The highest BCUT2D eigenvalue weighted by atomic mass is 35.5. The summed E-state index contributed by atoms with van der Waals surface area (Å²) in [6, 6.07) is 13.0. The molecule has 0 saturated carbocycles. The van der Waals surface area contributed by atoms with Crippen molar-refractivity contribution in [3.05, 3.63) is 59.3 Å². The molecule has 2 aliphatic rings. The number of carbonyl (C=O) groups excluding carboxylic acids is 1. The van der Waals surface area contributed by atoms with Crippen LogP contribution in [-0.4, -0.2) is 48.5 Å². The van der Waals surface area contributed by atoms with Gasteiger partial charge in [-0.15, -0.1) is 24.8 Å². The topological polar surface area (TPSA) is 48.5 Å². The molecule has 3 atom stereocenters. The number of nitrogens with zero attached hydrogens (tertiary/aromatic N) is 3. The number of hydrogen-bond acceptors (Lipinski definition) is 4. The van der Waals surface area contributed by atoms with E-state index in [0.717, 1.165) is 25.5 Å². The lowest BCUT2D eigenvalue weighted by atomic mass is 9.88. The highest BCUT2D eigenvalue weighted by molar-refractivity contribution is 5.95. The predicted molar refractivity (Wildman–Crippen MR) is 127 cm³/mol. The summed E-state index contributed by atoms with van der Waals surface area (Å²) >= 11 is 0. The molecule has 2 saturated heterocycles. The number of pyridine rings is 1. The van der Waals surface area contributed by atoms with E-state index < -0.39 is 0 Å². The Kier molecular flexibility index (Phi) is 8.14. The van der Waals surface area contributed by atoms with Gasteiger partial charge in [-0.2, -0.15) is 0 Å². The number of amides is 1. The Bertz CT molecular complexity index is 876. The van der Waals surface area contributed by atoms with Crippen molar-refractivity contribution in [2.45, 2.75) is 32.9 Å². The number of carbonyl (C=O) groups is 1. The van der Waals surface area contributed by atoms with Crippen LogP contribution in [0.4, 0.5) is 5.82 Å². The molecule has 4 rings (SSSR count). The molecule has 1 aromatic carbocycles. The number of aryl methyl sites for hydroxylation is 1. The number of anilines is 1. The van der Waals surface area contributed by atoms with Crippen LogP contribution in [0.1, 0.15) is 41.4 Å². The van der Waals surface area contributed by atoms with E-state index in [4.69, 9.17) is 0 Å². The van der Waals surface area contributed by atoms with Gasteiger partial charge in [-0.3, -0.25) is 9.69 Å². The molecule has 3 heterocycles. The molecular weight excluding hydrogens is 419 g/mol. The van der Waals surface area contributed by atoms with Crippen LogP contribution in [-0.2, 0) is 0 Å². The van der Waals surface area contributed by atoms with Crippen LogP contribution in [0.3, 0.4) is 0 Å². The van der Waals surface area contributed by atoms with Crippen molar-refractivity contribution in [1.29, 1.82) is 0 Å². The molecule has 0 spiro atoms. The molecule has 7 heteroatoms. The van der Waals surface area contributed by atoms with Crippen LogP contribution in [0.15, 0.2) is 42.6 Å². The van der Waals surface area contributed by atoms with Gasteiger partial charge in [0.05, 0.1) is 0 Å². The summed E-state index contributed by atoms with van der Waals surface area (Å²) in [5, 5.41) is 2.97. The van der Waals surface area contributed by atoms with Gasteiger partial charge in [-0.25, -0.2) is 4.98 Å². The third-order valence-electron chi connectivity index (χ3n) is 6.15. The lowest BCUT2D eigenvalue weighted by Crippen LogP contribution is -2.31. The monoisotopic (exact) mass is 450 g/mol. The zero-order valence-electron chi connectivity index (χ0n) is 18.0. The van der Waals surface area contributed by atoms with Crippen molar-refractivity contribution < 1.29 is 4.79 Å². The van der Waals surface area contributed by atoms with Gasteiger partial charge >= 0.3 is 0 Å². The molecular formula is C23H32Cl2N4O. The first-order valence-corrected chi connectivity index (χ1v) is 10.2. The number of nitrogens with one attached hydrogen (secondary N) is 1. The van der Waals surface area contributed by atoms with E-state index in [1.165, 1.54) is 11.1 Å². The SMILES string of the molecule is Cc1ccccc1[C@H]1[C@@H]2CN(c3cc(C(=O)NC(C)C)ccn3)C[C@@H]2CN1C.Cl.Cl. The van der Waals surface area contributed by atoms with Crippen LogP contribution in [0.2, 0.25) is 0 Å². The van der Waals surface area contributed by atoms with Crippen LogP contribution < -0.4 is 10.2 Å². The molecule has 0 unspecified atom stereocenters. The van der Waals surface area contributed by atoms with Gasteiger partial charge in [0.15, 0.2) is 0 Å². The Morgan fingerprint density at radius 2 is 1.87 bits per heavy atom. The van der Waals surface area contributed by atoms with Crippen molar-refractivity contribution in [2.24, 2.45) is 11.8 Å². The molecule has 1 aromatic heterocycles. The van der Waals surface area contributed by atoms with Gasteiger partial charge in [-0.1, -0.05) is 24.3 Å². The molecule has 2 aromatic rings. The number of rotatable bonds is 4. The van der Waals surface area contributed by atoms with Crippen molar-refractivity contribution >= 4 is 36.5 Å². The van der Waals surface area contributed by atoms with Crippen molar-refractivity contribution in [3.8, 4) is 0 Å². The van der Waals surface area contributed by atoms with Gasteiger partial charge in [-0.05, 0) is 57.0 Å². The fraction of sp³-hybridized carbons (Fsp3) is 0.478. The summed E-state index contributed by atoms with van der Waals surface area (Å²) in [6.45, 7) is 9.25. The largest absolute Gasteiger partial charge is 0.356 e. The fourth-order valence-electron chi connectivity index (χ4n) is 4.91. The number of benzene rings is 1. The average molecular weight is 451 g/mol. The van der Waals surface area contributed by atoms with Crippen molar-refractivity contribution in [2.75, 3.05) is 31.6 Å². The lowest BCUT2D eigenvalue weighted by molar-refractivity contribution is 0.0943. The molecule has 0 bridgehead atoms. The summed E-state index contributed by atoms with van der Waals surface area (Å²) in [5.74, 6) is 2.10. The second kappa shape index (κ2) is 9.99. The van der Waals surface area contributed by atoms with E-state index >= 15 is 0 Å². The Labute approximate surface area is 192 Å². The molecule has 0 aliphatic carbocycles. The maximum atomic E-state index is 12.4.